The molecule has 4 aromatic rings. The third-order valence-electron chi connectivity index (χ3n) is 5.02. The van der Waals surface area contributed by atoms with Gasteiger partial charge in [-0.3, -0.25) is 14.4 Å². The number of para-hydroxylation sites is 1. The number of carbonyl (C=O) groups is 1. The number of hydrogen-bond acceptors (Lipinski definition) is 6. The molecule has 0 fully saturated rings. The lowest BCUT2D eigenvalue weighted by molar-refractivity contribution is -0.116. The van der Waals surface area contributed by atoms with Crippen LogP contribution < -0.4 is 9.64 Å². The van der Waals surface area contributed by atoms with Crippen LogP contribution in [0.2, 0.25) is 5.02 Å². The summed E-state index contributed by atoms with van der Waals surface area (Å²) in [6, 6.07) is 15.4. The number of carbonyl (C=O) groups excluding carboxylic acids is 1. The predicted molar refractivity (Wildman–Crippen MR) is 137 cm³/mol. The molecule has 2 heterocycles. The summed E-state index contributed by atoms with van der Waals surface area (Å²) in [6.45, 7) is 7.57. The molecule has 0 unspecified atom stereocenters. The van der Waals surface area contributed by atoms with Crippen LogP contribution in [-0.2, 0) is 11.3 Å². The zero-order valence-corrected chi connectivity index (χ0v) is 21.1. The number of aryl methyl sites for hydroxylation is 2. The van der Waals surface area contributed by atoms with Gasteiger partial charge in [-0.25, -0.2) is 4.98 Å². The smallest absolute Gasteiger partial charge is 0.239 e. The van der Waals surface area contributed by atoms with Gasteiger partial charge in [0.2, 0.25) is 5.91 Å². The molecule has 9 heteroatoms. The fourth-order valence-electron chi connectivity index (χ4n) is 3.48. The van der Waals surface area contributed by atoms with Gasteiger partial charge in [-0.1, -0.05) is 29.0 Å². The van der Waals surface area contributed by atoms with Crippen LogP contribution >= 0.6 is 34.7 Å². The standard InChI is InChI=1S/C24H25ClN4O2S2/c1-4-31-20-6-5-7-21-23(20)26-24(33-21)28(12-13-29-17(3)14-16(2)27-29)22(30)15-32-19-10-8-18(25)9-11-19/h5-11,14H,4,12-13,15H2,1-3H3. The second-order valence-corrected chi connectivity index (χ2v) is 9.96. The Bertz CT molecular complexity index is 1250. The van der Waals surface area contributed by atoms with Crippen LogP contribution in [-0.4, -0.2) is 39.6 Å². The van der Waals surface area contributed by atoms with Crippen molar-refractivity contribution in [2.75, 3.05) is 23.8 Å². The molecule has 2 aromatic carbocycles. The average Bonchev–Trinajstić information content (AvgIpc) is 3.36. The SMILES string of the molecule is CCOc1cccc2sc(N(CCn3nc(C)cc3C)C(=O)CSc3ccc(Cl)cc3)nc12. The van der Waals surface area contributed by atoms with Crippen molar-refractivity contribution in [2.45, 2.75) is 32.2 Å². The lowest BCUT2D eigenvalue weighted by Gasteiger charge is -2.20. The molecular weight excluding hydrogens is 476 g/mol. The van der Waals surface area contributed by atoms with E-state index in [1.807, 2.05) is 74.0 Å². The average molecular weight is 501 g/mol. The van der Waals surface area contributed by atoms with E-state index in [1.165, 1.54) is 23.1 Å². The maximum absolute atomic E-state index is 13.4. The van der Waals surface area contributed by atoms with Crippen molar-refractivity contribution in [1.82, 2.24) is 14.8 Å². The summed E-state index contributed by atoms with van der Waals surface area (Å²) in [5.41, 5.74) is 2.82. The Kier molecular flexibility index (Phi) is 7.57. The zero-order valence-electron chi connectivity index (χ0n) is 18.7. The van der Waals surface area contributed by atoms with E-state index in [1.54, 1.807) is 4.90 Å². The molecule has 0 saturated heterocycles. The van der Waals surface area contributed by atoms with Crippen molar-refractivity contribution in [3.63, 3.8) is 0 Å². The number of ether oxygens (including phenoxy) is 1. The molecule has 0 aliphatic heterocycles. The van der Waals surface area contributed by atoms with E-state index in [4.69, 9.17) is 21.3 Å². The number of rotatable bonds is 9. The van der Waals surface area contributed by atoms with Gasteiger partial charge in [-0.05, 0) is 63.2 Å². The number of benzene rings is 2. The van der Waals surface area contributed by atoms with Crippen molar-refractivity contribution in [3.8, 4) is 5.75 Å². The van der Waals surface area contributed by atoms with Gasteiger partial charge >= 0.3 is 0 Å². The number of aromatic nitrogens is 3. The number of hydrogen-bond donors (Lipinski definition) is 0. The molecule has 0 aliphatic rings. The summed E-state index contributed by atoms with van der Waals surface area (Å²) >= 11 is 8.97. The molecule has 0 saturated carbocycles. The van der Waals surface area contributed by atoms with Gasteiger partial charge in [0.05, 0.1) is 29.3 Å². The number of fused-ring (bicyclic) bond motifs is 1. The molecule has 2 aromatic heterocycles. The van der Waals surface area contributed by atoms with E-state index in [0.717, 1.165) is 32.2 Å². The van der Waals surface area contributed by atoms with Crippen LogP contribution in [0.4, 0.5) is 5.13 Å². The third-order valence-corrected chi connectivity index (χ3v) is 7.31. The topological polar surface area (TPSA) is 60.2 Å². The molecule has 1 amide bonds. The number of thioether (sulfide) groups is 1. The molecule has 0 N–H and O–H groups in total. The quantitative estimate of drug-likeness (QED) is 0.264. The third kappa shape index (κ3) is 5.69. The van der Waals surface area contributed by atoms with Crippen LogP contribution in [0.3, 0.4) is 0 Å². The van der Waals surface area contributed by atoms with Crippen LogP contribution in [0.1, 0.15) is 18.3 Å². The fourth-order valence-corrected chi connectivity index (χ4v) is 5.40. The minimum atomic E-state index is -0.00602. The first-order valence-corrected chi connectivity index (χ1v) is 12.8. The Morgan fingerprint density at radius 2 is 2.00 bits per heavy atom. The van der Waals surface area contributed by atoms with Gasteiger partial charge < -0.3 is 4.74 Å². The van der Waals surface area contributed by atoms with Crippen molar-refractivity contribution >= 4 is 56.0 Å². The summed E-state index contributed by atoms with van der Waals surface area (Å²) in [4.78, 5) is 20.9. The molecule has 0 spiro atoms. The second kappa shape index (κ2) is 10.6. The fraction of sp³-hybridized carbons (Fsp3) is 0.292. The number of thiazole rings is 1. The monoisotopic (exact) mass is 500 g/mol. The first-order valence-electron chi connectivity index (χ1n) is 10.7. The van der Waals surface area contributed by atoms with E-state index >= 15 is 0 Å². The van der Waals surface area contributed by atoms with Gasteiger partial charge in [0, 0.05) is 22.2 Å². The highest BCUT2D eigenvalue weighted by atomic mass is 35.5. The molecule has 172 valence electrons. The van der Waals surface area contributed by atoms with E-state index < -0.39 is 0 Å². The van der Waals surface area contributed by atoms with Crippen molar-refractivity contribution in [2.24, 2.45) is 0 Å². The number of anilines is 1. The van der Waals surface area contributed by atoms with Crippen LogP contribution in [0.5, 0.6) is 5.75 Å². The van der Waals surface area contributed by atoms with Crippen LogP contribution in [0, 0.1) is 13.8 Å². The Hall–Kier alpha value is -2.55. The molecule has 4 rings (SSSR count). The molecule has 0 radical (unpaired) electrons. The maximum Gasteiger partial charge on any atom is 0.239 e. The highest BCUT2D eigenvalue weighted by molar-refractivity contribution is 8.00. The normalized spacial score (nSPS) is 11.2. The van der Waals surface area contributed by atoms with Crippen LogP contribution in [0.15, 0.2) is 53.4 Å². The minimum Gasteiger partial charge on any atom is -0.492 e. The van der Waals surface area contributed by atoms with Gasteiger partial charge in [0.25, 0.3) is 0 Å². The summed E-state index contributed by atoms with van der Waals surface area (Å²) < 4.78 is 8.67. The second-order valence-electron chi connectivity index (χ2n) is 7.47. The van der Waals surface area contributed by atoms with E-state index in [2.05, 4.69) is 5.10 Å². The Balaban J connectivity index is 1.59. The van der Waals surface area contributed by atoms with Crippen LogP contribution in [0.25, 0.3) is 10.2 Å². The minimum absolute atomic E-state index is 0.00602. The number of nitrogens with zero attached hydrogens (tertiary/aromatic N) is 4. The number of halogens is 1. The first-order chi connectivity index (χ1) is 15.9. The Labute approximate surface area is 206 Å². The highest BCUT2D eigenvalue weighted by Gasteiger charge is 2.21. The first kappa shape index (κ1) is 23.6. The predicted octanol–water partition coefficient (Wildman–Crippen LogP) is 5.99. The van der Waals surface area contributed by atoms with Gasteiger partial charge in [-0.15, -0.1) is 11.8 Å². The number of amides is 1. The van der Waals surface area contributed by atoms with Gasteiger partial charge in [0.15, 0.2) is 5.13 Å². The summed E-state index contributed by atoms with van der Waals surface area (Å²) in [7, 11) is 0. The largest absolute Gasteiger partial charge is 0.492 e. The molecule has 0 bridgehead atoms. The van der Waals surface area contributed by atoms with E-state index in [0.29, 0.717) is 35.6 Å². The lowest BCUT2D eigenvalue weighted by Crippen LogP contribution is -2.35. The summed E-state index contributed by atoms with van der Waals surface area (Å²) in [6.07, 6.45) is 0. The summed E-state index contributed by atoms with van der Waals surface area (Å²) in [5, 5.41) is 5.89. The molecule has 33 heavy (non-hydrogen) atoms. The highest BCUT2D eigenvalue weighted by Crippen LogP contribution is 2.34. The van der Waals surface area contributed by atoms with Crippen molar-refractivity contribution in [3.05, 3.63) is 64.9 Å². The zero-order chi connectivity index (χ0) is 23.4. The molecular formula is C24H25ClN4O2S2. The maximum atomic E-state index is 13.4. The molecule has 0 aliphatic carbocycles. The lowest BCUT2D eigenvalue weighted by atomic mass is 10.3. The van der Waals surface area contributed by atoms with E-state index in [-0.39, 0.29) is 5.91 Å². The Morgan fingerprint density at radius 1 is 1.21 bits per heavy atom. The van der Waals surface area contributed by atoms with Gasteiger partial charge in [0.1, 0.15) is 11.3 Å². The van der Waals surface area contributed by atoms with Crippen molar-refractivity contribution in [1.29, 1.82) is 0 Å². The molecule has 6 nitrogen and oxygen atoms in total. The Morgan fingerprint density at radius 3 is 2.70 bits per heavy atom. The summed E-state index contributed by atoms with van der Waals surface area (Å²) in [5.74, 6) is 1.03. The van der Waals surface area contributed by atoms with Gasteiger partial charge in [-0.2, -0.15) is 5.10 Å². The van der Waals surface area contributed by atoms with E-state index in [9.17, 15) is 4.79 Å². The van der Waals surface area contributed by atoms with Crippen molar-refractivity contribution < 1.29 is 9.53 Å². The molecule has 0 atom stereocenters.